The van der Waals surface area contributed by atoms with Gasteiger partial charge in [0.05, 0.1) is 0 Å². The largest absolute Gasteiger partial charge is 0.384 e. The summed E-state index contributed by atoms with van der Waals surface area (Å²) < 4.78 is 1.13. The Bertz CT molecular complexity index is 278. The second-order valence-electron chi connectivity index (χ2n) is 3.40. The van der Waals surface area contributed by atoms with Gasteiger partial charge in [-0.1, -0.05) is 35.3 Å². The normalized spacial score (nSPS) is 10.3. The van der Waals surface area contributed by atoms with Crippen LogP contribution < -0.4 is 5.32 Å². The van der Waals surface area contributed by atoms with Crippen molar-refractivity contribution in [2.75, 3.05) is 23.4 Å². The summed E-state index contributed by atoms with van der Waals surface area (Å²) in [6, 6.07) is 8.30. The molecule has 0 aliphatic carbocycles. The molecule has 0 radical (unpaired) electrons. The first-order valence-corrected chi connectivity index (χ1v) is 7.35. The minimum absolute atomic E-state index is 1.05. The highest BCUT2D eigenvalue weighted by Crippen LogP contribution is 2.15. The van der Waals surface area contributed by atoms with Crippen molar-refractivity contribution in [1.82, 2.24) is 0 Å². The predicted octanol–water partition coefficient (Wildman–Crippen LogP) is 4.39. The van der Waals surface area contributed by atoms with Crippen LogP contribution in [-0.4, -0.2) is 18.1 Å². The zero-order chi connectivity index (χ0) is 10.9. The van der Waals surface area contributed by atoms with Gasteiger partial charge < -0.3 is 5.32 Å². The van der Waals surface area contributed by atoms with Gasteiger partial charge in [-0.3, -0.25) is 0 Å². The topological polar surface area (TPSA) is 12.0 Å². The molecule has 0 unspecified atom stereocenters. The van der Waals surface area contributed by atoms with Gasteiger partial charge in [0, 0.05) is 22.5 Å². The number of benzene rings is 1. The second kappa shape index (κ2) is 8.05. The summed E-state index contributed by atoms with van der Waals surface area (Å²) >= 11 is 5.49. The van der Waals surface area contributed by atoms with Crippen molar-refractivity contribution in [2.45, 2.75) is 19.8 Å². The quantitative estimate of drug-likeness (QED) is 0.747. The fraction of sp³-hybridized carbons (Fsp3) is 0.500. The van der Waals surface area contributed by atoms with E-state index in [0.717, 1.165) is 11.0 Å². The standard InChI is InChI=1S/C12H18BrNS/c1-2-3-8-15-9-7-14-12-6-4-5-11(13)10-12/h4-6,10,14H,2-3,7-9H2,1H3. The SMILES string of the molecule is CCCCSCCNc1cccc(Br)c1. The highest BCUT2D eigenvalue weighted by atomic mass is 79.9. The lowest BCUT2D eigenvalue weighted by molar-refractivity contribution is 0.896. The van der Waals surface area contributed by atoms with Crippen LogP contribution >= 0.6 is 27.7 Å². The first-order valence-electron chi connectivity index (χ1n) is 5.40. The zero-order valence-electron chi connectivity index (χ0n) is 9.13. The number of nitrogens with one attached hydrogen (secondary N) is 1. The predicted molar refractivity (Wildman–Crippen MR) is 74.9 cm³/mol. The first-order chi connectivity index (χ1) is 7.33. The molecule has 84 valence electrons. The molecule has 0 aromatic heterocycles. The Labute approximate surface area is 105 Å². The van der Waals surface area contributed by atoms with Crippen molar-refractivity contribution in [3.8, 4) is 0 Å². The van der Waals surface area contributed by atoms with Crippen molar-refractivity contribution in [3.05, 3.63) is 28.7 Å². The summed E-state index contributed by atoms with van der Waals surface area (Å²) in [6.07, 6.45) is 2.63. The molecule has 1 aromatic carbocycles. The molecule has 0 heterocycles. The first kappa shape index (κ1) is 12.9. The Hall–Kier alpha value is -0.150. The third kappa shape index (κ3) is 6.10. The fourth-order valence-electron chi connectivity index (χ4n) is 1.21. The van der Waals surface area contributed by atoms with E-state index in [1.54, 1.807) is 0 Å². The van der Waals surface area contributed by atoms with Crippen LogP contribution in [0, 0.1) is 0 Å². The molecule has 1 rings (SSSR count). The molecule has 0 spiro atoms. The molecule has 0 aliphatic heterocycles. The smallest absolute Gasteiger partial charge is 0.0351 e. The molecular formula is C12H18BrNS. The molecular weight excluding hydrogens is 270 g/mol. The lowest BCUT2D eigenvalue weighted by Crippen LogP contribution is -2.04. The van der Waals surface area contributed by atoms with Crippen molar-refractivity contribution in [2.24, 2.45) is 0 Å². The Kier molecular flexibility index (Phi) is 6.94. The Balaban J connectivity index is 2.10. The van der Waals surface area contributed by atoms with E-state index in [1.807, 2.05) is 17.8 Å². The molecule has 0 atom stereocenters. The van der Waals surface area contributed by atoms with E-state index in [2.05, 4.69) is 46.4 Å². The summed E-state index contributed by atoms with van der Waals surface area (Å²) in [5.41, 5.74) is 1.19. The number of rotatable bonds is 7. The number of anilines is 1. The molecule has 0 saturated heterocycles. The number of thioether (sulfide) groups is 1. The van der Waals surface area contributed by atoms with Gasteiger partial charge in [-0.2, -0.15) is 11.8 Å². The van der Waals surface area contributed by atoms with Crippen LogP contribution in [-0.2, 0) is 0 Å². The third-order valence-electron chi connectivity index (χ3n) is 2.04. The zero-order valence-corrected chi connectivity index (χ0v) is 11.5. The Morgan fingerprint density at radius 3 is 2.93 bits per heavy atom. The van der Waals surface area contributed by atoms with Gasteiger partial charge in [0.2, 0.25) is 0 Å². The number of hydrogen-bond donors (Lipinski definition) is 1. The van der Waals surface area contributed by atoms with Crippen LogP contribution in [0.4, 0.5) is 5.69 Å². The minimum Gasteiger partial charge on any atom is -0.384 e. The van der Waals surface area contributed by atoms with Crippen LogP contribution in [0.1, 0.15) is 19.8 Å². The van der Waals surface area contributed by atoms with Crippen molar-refractivity contribution < 1.29 is 0 Å². The summed E-state index contributed by atoms with van der Waals surface area (Å²) in [7, 11) is 0. The molecule has 0 bridgehead atoms. The highest BCUT2D eigenvalue weighted by Gasteiger charge is 1.92. The van der Waals surface area contributed by atoms with Crippen LogP contribution in [0.15, 0.2) is 28.7 Å². The molecule has 0 fully saturated rings. The molecule has 0 saturated carbocycles. The summed E-state index contributed by atoms with van der Waals surface area (Å²) in [4.78, 5) is 0. The Morgan fingerprint density at radius 2 is 2.20 bits per heavy atom. The minimum atomic E-state index is 1.05. The molecule has 15 heavy (non-hydrogen) atoms. The van der Waals surface area contributed by atoms with Crippen molar-refractivity contribution in [1.29, 1.82) is 0 Å². The van der Waals surface area contributed by atoms with Crippen molar-refractivity contribution >= 4 is 33.4 Å². The van der Waals surface area contributed by atoms with Crippen LogP contribution in [0.2, 0.25) is 0 Å². The highest BCUT2D eigenvalue weighted by molar-refractivity contribution is 9.10. The van der Waals surface area contributed by atoms with Crippen molar-refractivity contribution in [3.63, 3.8) is 0 Å². The van der Waals surface area contributed by atoms with Gasteiger partial charge in [-0.25, -0.2) is 0 Å². The van der Waals surface area contributed by atoms with E-state index >= 15 is 0 Å². The van der Waals surface area contributed by atoms with Crippen LogP contribution in [0.5, 0.6) is 0 Å². The van der Waals surface area contributed by atoms with E-state index < -0.39 is 0 Å². The van der Waals surface area contributed by atoms with Gasteiger partial charge in [0.25, 0.3) is 0 Å². The van der Waals surface area contributed by atoms with E-state index in [-0.39, 0.29) is 0 Å². The van der Waals surface area contributed by atoms with Gasteiger partial charge in [-0.15, -0.1) is 0 Å². The summed E-state index contributed by atoms with van der Waals surface area (Å²) in [5, 5.41) is 3.41. The second-order valence-corrected chi connectivity index (χ2v) is 5.54. The molecule has 1 nitrogen and oxygen atoms in total. The van der Waals surface area contributed by atoms with E-state index in [4.69, 9.17) is 0 Å². The van der Waals surface area contributed by atoms with Gasteiger partial charge in [-0.05, 0) is 30.4 Å². The summed E-state index contributed by atoms with van der Waals surface area (Å²) in [6.45, 7) is 3.28. The molecule has 0 aliphatic rings. The third-order valence-corrected chi connectivity index (χ3v) is 3.61. The van der Waals surface area contributed by atoms with E-state index in [0.29, 0.717) is 0 Å². The average Bonchev–Trinajstić information content (AvgIpc) is 2.23. The number of unbranched alkanes of at least 4 members (excludes halogenated alkanes) is 1. The number of halogens is 1. The lowest BCUT2D eigenvalue weighted by Gasteiger charge is -2.06. The Morgan fingerprint density at radius 1 is 1.33 bits per heavy atom. The van der Waals surface area contributed by atoms with Crippen LogP contribution in [0.25, 0.3) is 0 Å². The lowest BCUT2D eigenvalue weighted by atomic mass is 10.3. The maximum atomic E-state index is 3.46. The maximum absolute atomic E-state index is 3.46. The van der Waals surface area contributed by atoms with E-state index in [9.17, 15) is 0 Å². The molecule has 0 amide bonds. The number of hydrogen-bond acceptors (Lipinski definition) is 2. The monoisotopic (exact) mass is 287 g/mol. The van der Waals surface area contributed by atoms with Gasteiger partial charge in [0.1, 0.15) is 0 Å². The maximum Gasteiger partial charge on any atom is 0.0351 e. The fourth-order valence-corrected chi connectivity index (χ4v) is 2.56. The molecule has 1 N–H and O–H groups in total. The van der Waals surface area contributed by atoms with Gasteiger partial charge in [0.15, 0.2) is 0 Å². The summed E-state index contributed by atoms with van der Waals surface area (Å²) in [5.74, 6) is 2.48. The molecule has 3 heteroatoms. The molecule has 1 aromatic rings. The van der Waals surface area contributed by atoms with E-state index in [1.165, 1.54) is 30.0 Å². The van der Waals surface area contributed by atoms with Gasteiger partial charge >= 0.3 is 0 Å². The van der Waals surface area contributed by atoms with Crippen LogP contribution in [0.3, 0.4) is 0 Å². The average molecular weight is 288 g/mol.